The van der Waals surface area contributed by atoms with E-state index >= 15 is 0 Å². The molecule has 1 aromatic carbocycles. The molecular weight excluding hydrogens is 475 g/mol. The van der Waals surface area contributed by atoms with Gasteiger partial charge in [0, 0.05) is 38.8 Å². The van der Waals surface area contributed by atoms with E-state index in [9.17, 15) is 8.42 Å². The van der Waals surface area contributed by atoms with Gasteiger partial charge in [-0.15, -0.1) is 24.0 Å². The van der Waals surface area contributed by atoms with Crippen LogP contribution < -0.4 is 10.6 Å². The smallest absolute Gasteiger partial charge is 0.213 e. The van der Waals surface area contributed by atoms with Crippen molar-refractivity contribution in [3.63, 3.8) is 0 Å². The van der Waals surface area contributed by atoms with Gasteiger partial charge in [-0.2, -0.15) is 0 Å². The molecule has 0 fully saturated rings. The van der Waals surface area contributed by atoms with Gasteiger partial charge in [0.05, 0.1) is 5.75 Å². The molecule has 1 aromatic rings. The fraction of sp³-hybridized carbons (Fsp3) is 0.562. The molecule has 0 saturated carbocycles. The first-order valence-corrected chi connectivity index (χ1v) is 10.0. The lowest BCUT2D eigenvalue weighted by molar-refractivity contribution is 0.461. The molecule has 9 heteroatoms. The highest BCUT2D eigenvalue weighted by molar-refractivity contribution is 14.0. The predicted molar refractivity (Wildman–Crippen MR) is 117 cm³/mol. The van der Waals surface area contributed by atoms with E-state index in [1.165, 1.54) is 4.31 Å². The average molecular weight is 503 g/mol. The van der Waals surface area contributed by atoms with E-state index in [0.29, 0.717) is 25.5 Å². The standard InChI is InChI=1S/C16H27ClN4O2S.HI/c1-4-24(22,23)21(3)12-6-10-19-16(18-2)20-11-9-14-7-5-8-15(17)13-14;/h5,7-8,13H,4,6,9-12H2,1-3H3,(H2,18,19,20);1H. The van der Waals surface area contributed by atoms with Gasteiger partial charge < -0.3 is 10.6 Å². The van der Waals surface area contributed by atoms with Gasteiger partial charge in [-0.3, -0.25) is 4.99 Å². The molecule has 2 N–H and O–H groups in total. The number of aliphatic imine (C=N–C) groups is 1. The van der Waals surface area contributed by atoms with Crippen LogP contribution in [0.1, 0.15) is 18.9 Å². The third-order valence-electron chi connectivity index (χ3n) is 3.60. The van der Waals surface area contributed by atoms with Crippen molar-refractivity contribution < 1.29 is 8.42 Å². The first-order valence-electron chi connectivity index (χ1n) is 8.02. The lowest BCUT2D eigenvalue weighted by Gasteiger charge is -2.16. The van der Waals surface area contributed by atoms with Crippen molar-refractivity contribution >= 4 is 51.6 Å². The summed E-state index contributed by atoms with van der Waals surface area (Å²) in [4.78, 5) is 4.15. The number of nitrogens with zero attached hydrogens (tertiary/aromatic N) is 2. The van der Waals surface area contributed by atoms with Crippen molar-refractivity contribution in [3.05, 3.63) is 34.9 Å². The number of guanidine groups is 1. The number of sulfonamides is 1. The Kier molecular flexibility index (Phi) is 12.4. The van der Waals surface area contributed by atoms with E-state index in [0.717, 1.165) is 23.6 Å². The second kappa shape index (κ2) is 12.7. The minimum Gasteiger partial charge on any atom is -0.356 e. The highest BCUT2D eigenvalue weighted by Gasteiger charge is 2.13. The highest BCUT2D eigenvalue weighted by Crippen LogP contribution is 2.10. The molecule has 0 spiro atoms. The van der Waals surface area contributed by atoms with Gasteiger partial charge in [0.1, 0.15) is 0 Å². The van der Waals surface area contributed by atoms with Gasteiger partial charge in [0.25, 0.3) is 0 Å². The molecule has 144 valence electrons. The van der Waals surface area contributed by atoms with Crippen LogP contribution in [0.5, 0.6) is 0 Å². The molecule has 0 radical (unpaired) electrons. The third-order valence-corrected chi connectivity index (χ3v) is 5.70. The van der Waals surface area contributed by atoms with Crippen molar-refractivity contribution in [1.82, 2.24) is 14.9 Å². The van der Waals surface area contributed by atoms with E-state index in [4.69, 9.17) is 11.6 Å². The van der Waals surface area contributed by atoms with Crippen molar-refractivity contribution in [2.45, 2.75) is 19.8 Å². The molecule has 0 aliphatic carbocycles. The summed E-state index contributed by atoms with van der Waals surface area (Å²) in [5.41, 5.74) is 1.16. The summed E-state index contributed by atoms with van der Waals surface area (Å²) in [6, 6.07) is 7.78. The summed E-state index contributed by atoms with van der Waals surface area (Å²) in [6.07, 6.45) is 1.56. The topological polar surface area (TPSA) is 73.8 Å². The maximum Gasteiger partial charge on any atom is 0.213 e. The quantitative estimate of drug-likeness (QED) is 0.235. The molecule has 0 amide bonds. The zero-order valence-electron chi connectivity index (χ0n) is 15.0. The van der Waals surface area contributed by atoms with Gasteiger partial charge in [0.2, 0.25) is 10.0 Å². The molecular formula is C16H28ClIN4O2S. The molecule has 0 atom stereocenters. The Morgan fingerprint density at radius 2 is 1.96 bits per heavy atom. The minimum atomic E-state index is -3.10. The Hall–Kier alpha value is -0.580. The SMILES string of the molecule is CCS(=O)(=O)N(C)CCCNC(=NC)NCCc1cccc(Cl)c1.I. The van der Waals surface area contributed by atoms with E-state index in [-0.39, 0.29) is 29.7 Å². The minimum absolute atomic E-state index is 0. The summed E-state index contributed by atoms with van der Waals surface area (Å²) < 4.78 is 24.7. The number of rotatable bonds is 9. The third kappa shape index (κ3) is 9.62. The van der Waals surface area contributed by atoms with E-state index in [1.54, 1.807) is 21.0 Å². The van der Waals surface area contributed by atoms with E-state index in [1.807, 2.05) is 24.3 Å². The summed E-state index contributed by atoms with van der Waals surface area (Å²) in [5, 5.41) is 7.15. The molecule has 25 heavy (non-hydrogen) atoms. The normalized spacial score (nSPS) is 12.0. The molecule has 0 aliphatic heterocycles. The van der Waals surface area contributed by atoms with Gasteiger partial charge in [-0.1, -0.05) is 23.7 Å². The first kappa shape index (κ1) is 24.4. The number of hydrogen-bond donors (Lipinski definition) is 2. The Balaban J connectivity index is 0.00000576. The lowest BCUT2D eigenvalue weighted by atomic mass is 10.1. The second-order valence-electron chi connectivity index (χ2n) is 5.38. The van der Waals surface area contributed by atoms with E-state index in [2.05, 4.69) is 15.6 Å². The van der Waals surface area contributed by atoms with Crippen molar-refractivity contribution in [2.75, 3.05) is 39.5 Å². The first-order chi connectivity index (χ1) is 11.4. The predicted octanol–water partition coefficient (Wildman–Crippen LogP) is 2.34. The van der Waals surface area contributed by atoms with Crippen LogP contribution in [-0.4, -0.2) is 58.2 Å². The number of hydrogen-bond acceptors (Lipinski definition) is 3. The number of halogens is 2. The van der Waals surface area contributed by atoms with E-state index < -0.39 is 10.0 Å². The van der Waals surface area contributed by atoms with Gasteiger partial charge in [-0.05, 0) is 37.5 Å². The highest BCUT2D eigenvalue weighted by atomic mass is 127. The van der Waals surface area contributed by atoms with Crippen molar-refractivity contribution in [1.29, 1.82) is 0 Å². The van der Waals surface area contributed by atoms with Crippen LogP contribution in [0.4, 0.5) is 0 Å². The maximum atomic E-state index is 11.6. The fourth-order valence-corrected chi connectivity index (χ4v) is 3.17. The van der Waals surface area contributed by atoms with Gasteiger partial charge >= 0.3 is 0 Å². The van der Waals surface area contributed by atoms with Crippen molar-refractivity contribution in [2.24, 2.45) is 4.99 Å². The molecule has 0 saturated heterocycles. The van der Waals surface area contributed by atoms with Crippen LogP contribution in [0.3, 0.4) is 0 Å². The molecule has 1 rings (SSSR count). The molecule has 0 aromatic heterocycles. The van der Waals surface area contributed by atoms with Crippen LogP contribution in [0.15, 0.2) is 29.3 Å². The van der Waals surface area contributed by atoms with Gasteiger partial charge in [0.15, 0.2) is 5.96 Å². The molecule has 0 unspecified atom stereocenters. The number of benzene rings is 1. The second-order valence-corrected chi connectivity index (χ2v) is 8.18. The van der Waals surface area contributed by atoms with Crippen LogP contribution >= 0.6 is 35.6 Å². The Labute approximate surface area is 173 Å². The summed E-state index contributed by atoms with van der Waals surface area (Å²) in [5.74, 6) is 0.835. The fourth-order valence-electron chi connectivity index (χ4n) is 2.11. The Morgan fingerprint density at radius 3 is 2.56 bits per heavy atom. The molecule has 0 heterocycles. The number of nitrogens with one attached hydrogen (secondary N) is 2. The van der Waals surface area contributed by atoms with Crippen LogP contribution in [0.25, 0.3) is 0 Å². The average Bonchev–Trinajstić information content (AvgIpc) is 2.56. The lowest BCUT2D eigenvalue weighted by Crippen LogP contribution is -2.39. The largest absolute Gasteiger partial charge is 0.356 e. The molecule has 6 nitrogen and oxygen atoms in total. The molecule has 0 aliphatic rings. The Bertz CT molecular complexity index is 641. The molecule has 0 bridgehead atoms. The van der Waals surface area contributed by atoms with Crippen LogP contribution in [-0.2, 0) is 16.4 Å². The zero-order valence-corrected chi connectivity index (χ0v) is 18.9. The van der Waals surface area contributed by atoms with Gasteiger partial charge in [-0.25, -0.2) is 12.7 Å². The monoisotopic (exact) mass is 502 g/mol. The summed E-state index contributed by atoms with van der Waals surface area (Å²) in [7, 11) is 0.215. The summed E-state index contributed by atoms with van der Waals surface area (Å²) in [6.45, 7) is 3.53. The summed E-state index contributed by atoms with van der Waals surface area (Å²) >= 11 is 5.96. The van der Waals surface area contributed by atoms with Crippen LogP contribution in [0, 0.1) is 0 Å². The van der Waals surface area contributed by atoms with Crippen molar-refractivity contribution in [3.8, 4) is 0 Å². The Morgan fingerprint density at radius 1 is 1.28 bits per heavy atom. The van der Waals surface area contributed by atoms with Crippen LogP contribution in [0.2, 0.25) is 5.02 Å². The zero-order chi connectivity index (χ0) is 18.0. The maximum absolute atomic E-state index is 11.6.